The standard InChI is InChI=1S/C4H10NO3P/c1-3-5(4-2)8-9(6)7/h3-4H2,1-2H3/p+1. The first-order chi connectivity index (χ1) is 4.20. The van der Waals surface area contributed by atoms with Gasteiger partial charge in [0.2, 0.25) is 0 Å². The quantitative estimate of drug-likeness (QED) is 0.480. The molecular weight excluding hydrogens is 141 g/mol. The highest BCUT2D eigenvalue weighted by Gasteiger charge is 2.17. The zero-order valence-electron chi connectivity index (χ0n) is 5.57. The van der Waals surface area contributed by atoms with Gasteiger partial charge < -0.3 is 0 Å². The largest absolute Gasteiger partial charge is 0.713 e. The van der Waals surface area contributed by atoms with Crippen molar-refractivity contribution in [2.45, 2.75) is 13.8 Å². The molecule has 0 aliphatic carbocycles. The molecule has 0 bridgehead atoms. The Morgan fingerprint density at radius 1 is 1.56 bits per heavy atom. The van der Waals surface area contributed by atoms with Gasteiger partial charge in [-0.2, -0.15) is 0 Å². The summed E-state index contributed by atoms with van der Waals surface area (Å²) in [6, 6.07) is 0. The molecule has 0 spiro atoms. The Morgan fingerprint density at radius 2 is 2.00 bits per heavy atom. The predicted octanol–water partition coefficient (Wildman–Crippen LogP) is 0.909. The van der Waals surface area contributed by atoms with Gasteiger partial charge in [0.1, 0.15) is 0 Å². The van der Waals surface area contributed by atoms with Gasteiger partial charge in [-0.3, -0.25) is 0 Å². The summed E-state index contributed by atoms with van der Waals surface area (Å²) in [7, 11) is -2.48. The van der Waals surface area contributed by atoms with Crippen LogP contribution in [0.1, 0.15) is 13.8 Å². The fraction of sp³-hybridized carbons (Fsp3) is 1.00. The second kappa shape index (κ2) is 4.82. The first kappa shape index (κ1) is 8.98. The molecule has 0 heterocycles. The third-order valence-electron chi connectivity index (χ3n) is 0.891. The summed E-state index contributed by atoms with van der Waals surface area (Å²) >= 11 is 0. The van der Waals surface area contributed by atoms with E-state index in [1.807, 2.05) is 13.8 Å². The predicted molar refractivity (Wildman–Crippen MR) is 33.8 cm³/mol. The van der Waals surface area contributed by atoms with E-state index in [4.69, 9.17) is 4.89 Å². The third-order valence-corrected chi connectivity index (χ3v) is 1.26. The maximum atomic E-state index is 10.0. The van der Waals surface area contributed by atoms with Gasteiger partial charge in [0.15, 0.2) is 0 Å². The molecule has 1 atom stereocenters. The highest BCUT2D eigenvalue weighted by Crippen LogP contribution is 2.16. The van der Waals surface area contributed by atoms with Gasteiger partial charge in [0.05, 0.1) is 0 Å². The van der Waals surface area contributed by atoms with E-state index in [0.29, 0.717) is 13.1 Å². The van der Waals surface area contributed by atoms with Gasteiger partial charge >= 0.3 is 8.25 Å². The topological polar surface area (TPSA) is 49.8 Å². The van der Waals surface area contributed by atoms with Crippen molar-refractivity contribution in [1.82, 2.24) is 5.06 Å². The van der Waals surface area contributed by atoms with Gasteiger partial charge in [-0.05, 0) is 18.5 Å². The lowest BCUT2D eigenvalue weighted by Crippen LogP contribution is -2.19. The summed E-state index contributed by atoms with van der Waals surface area (Å²) in [5.41, 5.74) is 0. The smallest absolute Gasteiger partial charge is 0.137 e. The SMILES string of the molecule is CCN(CC)O[P+](=O)O. The number of hydrogen-bond donors (Lipinski definition) is 1. The van der Waals surface area contributed by atoms with Gasteiger partial charge in [0.25, 0.3) is 0 Å². The molecular formula is C4H11NO3P+. The molecule has 54 valence electrons. The first-order valence-electron chi connectivity index (χ1n) is 2.79. The monoisotopic (exact) mass is 152 g/mol. The molecule has 0 aromatic carbocycles. The van der Waals surface area contributed by atoms with Crippen molar-refractivity contribution in [3.8, 4) is 0 Å². The van der Waals surface area contributed by atoms with Crippen LogP contribution in [0.25, 0.3) is 0 Å². The van der Waals surface area contributed by atoms with Crippen molar-refractivity contribution < 1.29 is 14.1 Å². The Labute approximate surface area is 55.3 Å². The third kappa shape index (κ3) is 4.48. The fourth-order valence-electron chi connectivity index (χ4n) is 0.438. The van der Waals surface area contributed by atoms with Crippen LogP contribution < -0.4 is 0 Å². The molecule has 0 fully saturated rings. The molecule has 0 saturated heterocycles. The molecule has 0 aliphatic heterocycles. The normalized spacial score (nSPS) is 12.2. The molecule has 0 saturated carbocycles. The van der Waals surface area contributed by atoms with E-state index < -0.39 is 8.25 Å². The zero-order valence-corrected chi connectivity index (χ0v) is 6.47. The van der Waals surface area contributed by atoms with Crippen LogP contribution in [0.4, 0.5) is 0 Å². The van der Waals surface area contributed by atoms with Gasteiger partial charge in [-0.1, -0.05) is 0 Å². The maximum Gasteiger partial charge on any atom is 0.713 e. The minimum atomic E-state index is -2.48. The maximum absolute atomic E-state index is 10.0. The van der Waals surface area contributed by atoms with Crippen LogP contribution in [0.2, 0.25) is 0 Å². The van der Waals surface area contributed by atoms with Crippen LogP contribution in [-0.4, -0.2) is 23.0 Å². The average Bonchev–Trinajstić information content (AvgIpc) is 1.82. The highest BCUT2D eigenvalue weighted by atomic mass is 31.1. The van der Waals surface area contributed by atoms with Crippen molar-refractivity contribution in [3.63, 3.8) is 0 Å². The van der Waals surface area contributed by atoms with Crippen LogP contribution in [-0.2, 0) is 9.19 Å². The lowest BCUT2D eigenvalue weighted by atomic mass is 10.6. The molecule has 0 aromatic heterocycles. The summed E-state index contributed by atoms with van der Waals surface area (Å²) in [4.78, 5) is 8.23. The van der Waals surface area contributed by atoms with Gasteiger partial charge in [-0.25, -0.2) is 0 Å². The molecule has 9 heavy (non-hydrogen) atoms. The lowest BCUT2D eigenvalue weighted by Gasteiger charge is -2.05. The molecule has 0 rings (SSSR count). The van der Waals surface area contributed by atoms with E-state index in [2.05, 4.69) is 4.62 Å². The number of hydrogen-bond acceptors (Lipinski definition) is 3. The van der Waals surface area contributed by atoms with E-state index in [0.717, 1.165) is 0 Å². The molecule has 5 heteroatoms. The minimum absolute atomic E-state index is 0.623. The molecule has 0 aromatic rings. The Kier molecular flexibility index (Phi) is 4.81. The van der Waals surface area contributed by atoms with Crippen molar-refractivity contribution >= 4 is 8.25 Å². The summed E-state index contributed by atoms with van der Waals surface area (Å²) in [5.74, 6) is 0. The second-order valence-corrected chi connectivity index (χ2v) is 2.07. The molecule has 0 aliphatic rings. The first-order valence-corrected chi connectivity index (χ1v) is 3.92. The van der Waals surface area contributed by atoms with E-state index in [1.165, 1.54) is 5.06 Å². The second-order valence-electron chi connectivity index (χ2n) is 1.43. The van der Waals surface area contributed by atoms with E-state index in [-0.39, 0.29) is 0 Å². The average molecular weight is 152 g/mol. The summed E-state index contributed by atoms with van der Waals surface area (Å²) < 4.78 is 14.5. The molecule has 0 amide bonds. The Hall–Kier alpha value is -0.0200. The van der Waals surface area contributed by atoms with Gasteiger partial charge in [0, 0.05) is 17.7 Å². The van der Waals surface area contributed by atoms with Crippen molar-refractivity contribution in [2.75, 3.05) is 13.1 Å². The lowest BCUT2D eigenvalue weighted by molar-refractivity contribution is -0.0503. The van der Waals surface area contributed by atoms with Crippen LogP contribution >= 0.6 is 8.25 Å². The van der Waals surface area contributed by atoms with Crippen LogP contribution in [0.3, 0.4) is 0 Å². The molecule has 1 N–H and O–H groups in total. The summed E-state index contributed by atoms with van der Waals surface area (Å²) in [5, 5.41) is 1.42. The van der Waals surface area contributed by atoms with E-state index >= 15 is 0 Å². The Morgan fingerprint density at radius 3 is 2.11 bits per heavy atom. The summed E-state index contributed by atoms with van der Waals surface area (Å²) in [6.07, 6.45) is 0. The van der Waals surface area contributed by atoms with E-state index in [9.17, 15) is 4.57 Å². The summed E-state index contributed by atoms with van der Waals surface area (Å²) in [6.45, 7) is 4.95. The molecule has 1 unspecified atom stereocenters. The van der Waals surface area contributed by atoms with Crippen LogP contribution in [0.5, 0.6) is 0 Å². The Balaban J connectivity index is 3.43. The van der Waals surface area contributed by atoms with Crippen molar-refractivity contribution in [1.29, 1.82) is 0 Å². The Bertz CT molecular complexity index is 93.8. The number of hydroxylamine groups is 2. The zero-order chi connectivity index (χ0) is 7.28. The van der Waals surface area contributed by atoms with Crippen LogP contribution in [0.15, 0.2) is 0 Å². The van der Waals surface area contributed by atoms with E-state index in [1.54, 1.807) is 0 Å². The van der Waals surface area contributed by atoms with Crippen LogP contribution in [0, 0.1) is 0 Å². The van der Waals surface area contributed by atoms with Crippen molar-refractivity contribution in [2.24, 2.45) is 0 Å². The number of rotatable bonds is 4. The fourth-order valence-corrected chi connectivity index (χ4v) is 0.866. The highest BCUT2D eigenvalue weighted by molar-refractivity contribution is 7.32. The molecule has 4 nitrogen and oxygen atoms in total. The molecule has 0 radical (unpaired) electrons. The van der Waals surface area contributed by atoms with Gasteiger partial charge in [-0.15, -0.1) is 9.96 Å². The minimum Gasteiger partial charge on any atom is -0.137 e. The number of nitrogens with zero attached hydrogens (tertiary/aromatic N) is 1. The van der Waals surface area contributed by atoms with Crippen molar-refractivity contribution in [3.05, 3.63) is 0 Å².